The highest BCUT2D eigenvalue weighted by molar-refractivity contribution is 5.91. The Kier molecular flexibility index (Phi) is 3.27. The van der Waals surface area contributed by atoms with E-state index >= 15 is 0 Å². The van der Waals surface area contributed by atoms with Crippen molar-refractivity contribution in [3.8, 4) is 0 Å². The molecule has 1 atom stereocenters. The maximum Gasteiger partial charge on any atom is 0.290 e. The summed E-state index contributed by atoms with van der Waals surface area (Å²) in [4.78, 5) is 26.0. The van der Waals surface area contributed by atoms with Crippen LogP contribution >= 0.6 is 0 Å². The number of aromatic nitrogens is 4. The molecule has 0 aromatic carbocycles. The number of amides is 1. The van der Waals surface area contributed by atoms with E-state index in [1.165, 1.54) is 0 Å². The van der Waals surface area contributed by atoms with Gasteiger partial charge in [-0.1, -0.05) is 0 Å². The van der Waals surface area contributed by atoms with E-state index in [-0.39, 0.29) is 11.9 Å². The first-order chi connectivity index (χ1) is 9.66. The van der Waals surface area contributed by atoms with Crippen LogP contribution < -0.4 is 0 Å². The standard InChI is InChI=1S/C13H17N5O2/c1-9-7-15-11(16-9)10-8-20-6-5-18(10)13(19)12-14-3-4-17(12)2/h3-4,7,10H,5-6,8H2,1-2H3,(H,15,16)/t10-/m0/s1. The first-order valence-corrected chi connectivity index (χ1v) is 6.54. The number of carbonyl (C=O) groups is 1. The Morgan fingerprint density at radius 3 is 3.00 bits per heavy atom. The molecule has 0 radical (unpaired) electrons. The molecule has 2 aromatic heterocycles. The summed E-state index contributed by atoms with van der Waals surface area (Å²) in [6, 6.07) is -0.193. The number of aryl methyl sites for hydroxylation is 2. The predicted molar refractivity (Wildman–Crippen MR) is 71.1 cm³/mol. The molecule has 1 aliphatic heterocycles. The van der Waals surface area contributed by atoms with Crippen molar-refractivity contribution in [2.45, 2.75) is 13.0 Å². The van der Waals surface area contributed by atoms with Crippen molar-refractivity contribution in [3.05, 3.63) is 35.9 Å². The molecule has 0 unspecified atom stereocenters. The van der Waals surface area contributed by atoms with Crippen molar-refractivity contribution < 1.29 is 9.53 Å². The van der Waals surface area contributed by atoms with Crippen LogP contribution in [0.15, 0.2) is 18.6 Å². The molecule has 1 N–H and O–H groups in total. The normalized spacial score (nSPS) is 19.3. The lowest BCUT2D eigenvalue weighted by molar-refractivity contribution is -0.00582. The van der Waals surface area contributed by atoms with Crippen LogP contribution in [0.1, 0.15) is 28.2 Å². The van der Waals surface area contributed by atoms with E-state index in [1.807, 2.05) is 14.0 Å². The monoisotopic (exact) mass is 275 g/mol. The Hall–Kier alpha value is -2.15. The number of aromatic amines is 1. The van der Waals surface area contributed by atoms with Crippen LogP contribution in [0.25, 0.3) is 0 Å². The fourth-order valence-corrected chi connectivity index (χ4v) is 2.38. The molecule has 0 saturated carbocycles. The van der Waals surface area contributed by atoms with Crippen LogP contribution in [-0.4, -0.2) is 50.1 Å². The van der Waals surface area contributed by atoms with E-state index in [0.29, 0.717) is 25.6 Å². The molecule has 7 nitrogen and oxygen atoms in total. The molecule has 1 saturated heterocycles. The van der Waals surface area contributed by atoms with Gasteiger partial charge in [-0.15, -0.1) is 0 Å². The van der Waals surface area contributed by atoms with Crippen LogP contribution in [-0.2, 0) is 11.8 Å². The average Bonchev–Trinajstić information content (AvgIpc) is 3.07. The number of nitrogens with one attached hydrogen (secondary N) is 1. The van der Waals surface area contributed by atoms with Gasteiger partial charge in [-0.05, 0) is 6.92 Å². The van der Waals surface area contributed by atoms with E-state index < -0.39 is 0 Å². The van der Waals surface area contributed by atoms with E-state index in [0.717, 1.165) is 11.5 Å². The Labute approximate surface area is 116 Å². The average molecular weight is 275 g/mol. The molecule has 0 aliphatic carbocycles. The Bertz CT molecular complexity index is 618. The van der Waals surface area contributed by atoms with Gasteiger partial charge in [-0.3, -0.25) is 4.79 Å². The SMILES string of the molecule is Cc1cnc([C@@H]2COCCN2C(=O)c2nccn2C)[nH]1. The highest BCUT2D eigenvalue weighted by Gasteiger charge is 2.32. The smallest absolute Gasteiger partial charge is 0.290 e. The zero-order valence-electron chi connectivity index (χ0n) is 11.5. The lowest BCUT2D eigenvalue weighted by Gasteiger charge is -2.34. The molecule has 1 amide bonds. The van der Waals surface area contributed by atoms with Gasteiger partial charge in [-0.25, -0.2) is 9.97 Å². The molecule has 0 spiro atoms. The topological polar surface area (TPSA) is 76.0 Å². The number of imidazole rings is 2. The molecule has 1 aliphatic rings. The van der Waals surface area contributed by atoms with Crippen molar-refractivity contribution in [2.75, 3.05) is 19.8 Å². The number of rotatable bonds is 2. The van der Waals surface area contributed by atoms with Gasteiger partial charge in [-0.2, -0.15) is 0 Å². The molecule has 2 aromatic rings. The second kappa shape index (κ2) is 5.09. The Morgan fingerprint density at radius 1 is 1.50 bits per heavy atom. The zero-order valence-corrected chi connectivity index (χ0v) is 11.5. The minimum Gasteiger partial charge on any atom is -0.377 e. The molecular formula is C13H17N5O2. The third-order valence-electron chi connectivity index (χ3n) is 3.44. The Balaban J connectivity index is 1.89. The number of hydrogen-bond donors (Lipinski definition) is 1. The maximum atomic E-state index is 12.6. The second-order valence-electron chi connectivity index (χ2n) is 4.90. The van der Waals surface area contributed by atoms with Crippen LogP contribution in [0, 0.1) is 6.92 Å². The molecule has 3 rings (SSSR count). The van der Waals surface area contributed by atoms with Crippen molar-refractivity contribution in [3.63, 3.8) is 0 Å². The van der Waals surface area contributed by atoms with Crippen LogP contribution in [0.4, 0.5) is 0 Å². The quantitative estimate of drug-likeness (QED) is 0.873. The number of carbonyl (C=O) groups excluding carboxylic acids is 1. The summed E-state index contributed by atoms with van der Waals surface area (Å²) < 4.78 is 7.22. The van der Waals surface area contributed by atoms with Crippen molar-refractivity contribution in [1.82, 2.24) is 24.4 Å². The van der Waals surface area contributed by atoms with Gasteiger partial charge in [0.15, 0.2) is 5.82 Å². The van der Waals surface area contributed by atoms with Gasteiger partial charge in [0.25, 0.3) is 5.91 Å². The first-order valence-electron chi connectivity index (χ1n) is 6.54. The highest BCUT2D eigenvalue weighted by atomic mass is 16.5. The van der Waals surface area contributed by atoms with E-state index in [4.69, 9.17) is 4.74 Å². The van der Waals surface area contributed by atoms with Crippen molar-refractivity contribution in [1.29, 1.82) is 0 Å². The van der Waals surface area contributed by atoms with Crippen molar-refractivity contribution in [2.24, 2.45) is 7.05 Å². The molecule has 20 heavy (non-hydrogen) atoms. The molecule has 0 bridgehead atoms. The Morgan fingerprint density at radius 2 is 2.35 bits per heavy atom. The predicted octanol–water partition coefficient (Wildman–Crippen LogP) is 0.665. The van der Waals surface area contributed by atoms with E-state index in [2.05, 4.69) is 15.0 Å². The van der Waals surface area contributed by atoms with Gasteiger partial charge >= 0.3 is 0 Å². The summed E-state index contributed by atoms with van der Waals surface area (Å²) in [7, 11) is 1.81. The number of H-pyrrole nitrogens is 1. The zero-order chi connectivity index (χ0) is 14.1. The van der Waals surface area contributed by atoms with Gasteiger partial charge in [0.1, 0.15) is 11.9 Å². The third kappa shape index (κ3) is 2.20. The summed E-state index contributed by atoms with van der Waals surface area (Å²) in [5, 5.41) is 0. The molecule has 106 valence electrons. The minimum absolute atomic E-state index is 0.0974. The number of nitrogens with zero attached hydrogens (tertiary/aromatic N) is 4. The number of morpholine rings is 1. The van der Waals surface area contributed by atoms with Crippen molar-refractivity contribution >= 4 is 5.91 Å². The van der Waals surface area contributed by atoms with Crippen LogP contribution in [0.2, 0.25) is 0 Å². The second-order valence-corrected chi connectivity index (χ2v) is 4.90. The fraction of sp³-hybridized carbons (Fsp3) is 0.462. The van der Waals surface area contributed by atoms with Crippen LogP contribution in [0.5, 0.6) is 0 Å². The summed E-state index contributed by atoms with van der Waals surface area (Å²) in [6.07, 6.45) is 5.15. The largest absolute Gasteiger partial charge is 0.377 e. The fourth-order valence-electron chi connectivity index (χ4n) is 2.38. The third-order valence-corrected chi connectivity index (χ3v) is 3.44. The van der Waals surface area contributed by atoms with Gasteiger partial charge in [0.2, 0.25) is 0 Å². The molecular weight excluding hydrogens is 258 g/mol. The summed E-state index contributed by atoms with van der Waals surface area (Å²) >= 11 is 0. The number of hydrogen-bond acceptors (Lipinski definition) is 4. The minimum atomic E-state index is -0.193. The van der Waals surface area contributed by atoms with E-state index in [1.54, 1.807) is 28.1 Å². The van der Waals surface area contributed by atoms with Gasteiger partial charge in [0, 0.05) is 37.9 Å². The van der Waals surface area contributed by atoms with Gasteiger partial charge < -0.3 is 19.2 Å². The maximum absolute atomic E-state index is 12.6. The van der Waals surface area contributed by atoms with Crippen LogP contribution in [0.3, 0.4) is 0 Å². The number of ether oxygens (including phenoxy) is 1. The van der Waals surface area contributed by atoms with Gasteiger partial charge in [0.05, 0.1) is 13.2 Å². The summed E-state index contributed by atoms with van der Waals surface area (Å²) in [6.45, 7) is 3.46. The van der Waals surface area contributed by atoms with E-state index in [9.17, 15) is 4.79 Å². The lowest BCUT2D eigenvalue weighted by Crippen LogP contribution is -2.44. The lowest BCUT2D eigenvalue weighted by atomic mass is 10.2. The first kappa shape index (κ1) is 12.9. The summed E-state index contributed by atoms with van der Waals surface area (Å²) in [5.74, 6) is 1.09. The summed E-state index contributed by atoms with van der Waals surface area (Å²) in [5.41, 5.74) is 0.968. The molecule has 3 heterocycles. The highest BCUT2D eigenvalue weighted by Crippen LogP contribution is 2.23. The molecule has 1 fully saturated rings. The molecule has 7 heteroatoms.